The third kappa shape index (κ3) is 1.67. The highest BCUT2D eigenvalue weighted by molar-refractivity contribution is 9.10. The normalized spacial score (nSPS) is 14.6. The number of fused-ring (bicyclic) bond motifs is 1. The summed E-state index contributed by atoms with van der Waals surface area (Å²) >= 11 is 3.52. The van der Waals surface area contributed by atoms with Crippen molar-refractivity contribution in [3.63, 3.8) is 0 Å². The van der Waals surface area contributed by atoms with E-state index in [1.807, 2.05) is 12.1 Å². The van der Waals surface area contributed by atoms with Gasteiger partial charge < -0.3 is 10.6 Å². The summed E-state index contributed by atoms with van der Waals surface area (Å²) < 4.78 is 1.13. The molecule has 3 nitrogen and oxygen atoms in total. The Bertz CT molecular complexity index is 365. The molecule has 1 amide bonds. The lowest BCUT2D eigenvalue weighted by Gasteiger charge is -2.21. The van der Waals surface area contributed by atoms with Gasteiger partial charge in [0, 0.05) is 16.7 Å². The van der Waals surface area contributed by atoms with Gasteiger partial charge in [-0.3, -0.25) is 4.79 Å². The predicted octanol–water partition coefficient (Wildman–Crippen LogP) is 1.66. The fourth-order valence-electron chi connectivity index (χ4n) is 1.76. The molecule has 1 aliphatic heterocycles. The van der Waals surface area contributed by atoms with Crippen molar-refractivity contribution in [2.24, 2.45) is 0 Å². The first kappa shape index (κ1) is 9.68. The van der Waals surface area contributed by atoms with Crippen molar-refractivity contribution >= 4 is 28.0 Å². The molecule has 0 radical (unpaired) electrons. The highest BCUT2D eigenvalue weighted by Crippen LogP contribution is 2.29. The van der Waals surface area contributed by atoms with E-state index >= 15 is 0 Å². The Morgan fingerprint density at radius 2 is 2.29 bits per heavy atom. The van der Waals surface area contributed by atoms with E-state index in [4.69, 9.17) is 0 Å². The summed E-state index contributed by atoms with van der Waals surface area (Å²) in [5, 5.41) is 6.01. The van der Waals surface area contributed by atoms with Gasteiger partial charge in [0.25, 0.3) is 0 Å². The zero-order valence-corrected chi connectivity index (χ0v) is 9.23. The van der Waals surface area contributed by atoms with Crippen LogP contribution in [0.3, 0.4) is 0 Å². The topological polar surface area (TPSA) is 41.1 Å². The van der Waals surface area contributed by atoms with Crippen LogP contribution in [0, 0.1) is 0 Å². The Hall–Kier alpha value is -0.870. The van der Waals surface area contributed by atoms with Crippen LogP contribution in [-0.4, -0.2) is 13.0 Å². The second kappa shape index (κ2) is 4.11. The van der Waals surface area contributed by atoms with Gasteiger partial charge in [0.15, 0.2) is 0 Å². The van der Waals surface area contributed by atoms with Gasteiger partial charge in [-0.25, -0.2) is 0 Å². The molecule has 0 saturated carbocycles. The SMILES string of the molecule is O=CNc1ccc(Br)c2c1CNCC2. The molecule has 0 fully saturated rings. The molecule has 1 aromatic rings. The van der Waals surface area contributed by atoms with Gasteiger partial charge in [-0.1, -0.05) is 15.9 Å². The number of amides is 1. The summed E-state index contributed by atoms with van der Waals surface area (Å²) in [6.45, 7) is 1.82. The van der Waals surface area contributed by atoms with Crippen molar-refractivity contribution in [2.45, 2.75) is 13.0 Å². The van der Waals surface area contributed by atoms with Crippen molar-refractivity contribution < 1.29 is 4.79 Å². The second-order valence-electron chi connectivity index (χ2n) is 3.24. The molecular weight excluding hydrogens is 244 g/mol. The Labute approximate surface area is 91.0 Å². The van der Waals surface area contributed by atoms with Crippen molar-refractivity contribution in [3.8, 4) is 0 Å². The van der Waals surface area contributed by atoms with Crippen LogP contribution < -0.4 is 10.6 Å². The Morgan fingerprint density at radius 1 is 1.43 bits per heavy atom. The molecule has 0 aliphatic carbocycles. The molecule has 0 unspecified atom stereocenters. The van der Waals surface area contributed by atoms with Gasteiger partial charge in [-0.2, -0.15) is 0 Å². The molecule has 14 heavy (non-hydrogen) atoms. The van der Waals surface area contributed by atoms with Gasteiger partial charge >= 0.3 is 0 Å². The molecule has 0 atom stereocenters. The Kier molecular flexibility index (Phi) is 2.84. The first-order valence-electron chi connectivity index (χ1n) is 4.54. The molecule has 0 aromatic heterocycles. The number of halogens is 1. The Balaban J connectivity index is 2.47. The lowest BCUT2D eigenvalue weighted by atomic mass is 9.99. The molecule has 1 aliphatic rings. The van der Waals surface area contributed by atoms with Gasteiger partial charge in [-0.05, 0) is 36.2 Å². The van der Waals surface area contributed by atoms with E-state index < -0.39 is 0 Å². The summed E-state index contributed by atoms with van der Waals surface area (Å²) in [6.07, 6.45) is 1.72. The zero-order valence-electron chi connectivity index (χ0n) is 7.64. The maximum Gasteiger partial charge on any atom is 0.211 e. The van der Waals surface area contributed by atoms with E-state index in [0.717, 1.165) is 36.1 Å². The monoisotopic (exact) mass is 254 g/mol. The van der Waals surface area contributed by atoms with Crippen LogP contribution in [0.2, 0.25) is 0 Å². The number of rotatable bonds is 2. The van der Waals surface area contributed by atoms with Crippen LogP contribution in [0.1, 0.15) is 11.1 Å². The smallest absolute Gasteiger partial charge is 0.211 e. The molecule has 2 rings (SSSR count). The number of hydrogen-bond acceptors (Lipinski definition) is 2. The molecule has 1 heterocycles. The maximum atomic E-state index is 10.4. The van der Waals surface area contributed by atoms with E-state index in [9.17, 15) is 4.79 Å². The average Bonchev–Trinajstić information content (AvgIpc) is 2.23. The first-order valence-corrected chi connectivity index (χ1v) is 5.33. The minimum atomic E-state index is 0.720. The fraction of sp³-hybridized carbons (Fsp3) is 0.300. The fourth-order valence-corrected chi connectivity index (χ4v) is 2.33. The molecule has 2 N–H and O–H groups in total. The number of hydrogen-bond donors (Lipinski definition) is 2. The number of carbonyl (C=O) groups excluding carboxylic acids is 1. The molecule has 1 aromatic carbocycles. The van der Waals surface area contributed by atoms with E-state index in [-0.39, 0.29) is 0 Å². The molecule has 0 saturated heterocycles. The summed E-state index contributed by atoms with van der Waals surface area (Å²) in [6, 6.07) is 3.90. The van der Waals surface area contributed by atoms with E-state index in [1.54, 1.807) is 0 Å². The van der Waals surface area contributed by atoms with E-state index in [1.165, 1.54) is 11.1 Å². The third-order valence-corrected chi connectivity index (χ3v) is 3.18. The summed E-state index contributed by atoms with van der Waals surface area (Å²) in [5.74, 6) is 0. The minimum absolute atomic E-state index is 0.720. The molecule has 0 spiro atoms. The van der Waals surface area contributed by atoms with Crippen molar-refractivity contribution in [3.05, 3.63) is 27.7 Å². The molecular formula is C10H11BrN2O. The van der Waals surface area contributed by atoms with Crippen LogP contribution in [-0.2, 0) is 17.8 Å². The van der Waals surface area contributed by atoms with Gasteiger partial charge in [-0.15, -0.1) is 0 Å². The lowest BCUT2D eigenvalue weighted by molar-refractivity contribution is -0.105. The van der Waals surface area contributed by atoms with Crippen molar-refractivity contribution in [1.82, 2.24) is 5.32 Å². The maximum absolute atomic E-state index is 10.4. The predicted molar refractivity (Wildman–Crippen MR) is 59.2 cm³/mol. The number of nitrogens with one attached hydrogen (secondary N) is 2. The summed E-state index contributed by atoms with van der Waals surface area (Å²) in [5.41, 5.74) is 3.40. The molecule has 0 bridgehead atoms. The average molecular weight is 255 g/mol. The standard InChI is InChI=1S/C10H11BrN2O/c11-9-1-2-10(13-6-14)8-5-12-4-3-7(8)9/h1-2,6,12H,3-5H2,(H,13,14). The lowest BCUT2D eigenvalue weighted by Crippen LogP contribution is -2.25. The first-order chi connectivity index (χ1) is 6.83. The van der Waals surface area contributed by atoms with Crippen LogP contribution in [0.5, 0.6) is 0 Å². The van der Waals surface area contributed by atoms with Gasteiger partial charge in [0.05, 0.1) is 0 Å². The van der Waals surface area contributed by atoms with Crippen LogP contribution in [0.15, 0.2) is 16.6 Å². The van der Waals surface area contributed by atoms with Crippen molar-refractivity contribution in [1.29, 1.82) is 0 Å². The van der Waals surface area contributed by atoms with Crippen LogP contribution in [0.4, 0.5) is 5.69 Å². The molecule has 4 heteroatoms. The zero-order chi connectivity index (χ0) is 9.97. The van der Waals surface area contributed by atoms with E-state index in [0.29, 0.717) is 0 Å². The van der Waals surface area contributed by atoms with Gasteiger partial charge in [0.2, 0.25) is 6.41 Å². The number of carbonyl (C=O) groups is 1. The quantitative estimate of drug-likeness (QED) is 0.789. The number of anilines is 1. The third-order valence-electron chi connectivity index (χ3n) is 2.44. The summed E-state index contributed by atoms with van der Waals surface area (Å²) in [4.78, 5) is 10.4. The molecule has 74 valence electrons. The highest BCUT2D eigenvalue weighted by Gasteiger charge is 2.14. The van der Waals surface area contributed by atoms with E-state index in [2.05, 4.69) is 26.6 Å². The van der Waals surface area contributed by atoms with Gasteiger partial charge in [0.1, 0.15) is 0 Å². The summed E-state index contributed by atoms with van der Waals surface area (Å²) in [7, 11) is 0. The van der Waals surface area contributed by atoms with Crippen LogP contribution in [0.25, 0.3) is 0 Å². The van der Waals surface area contributed by atoms with Crippen molar-refractivity contribution in [2.75, 3.05) is 11.9 Å². The highest BCUT2D eigenvalue weighted by atomic mass is 79.9. The Morgan fingerprint density at radius 3 is 3.07 bits per heavy atom. The minimum Gasteiger partial charge on any atom is -0.328 e. The number of benzene rings is 1. The second-order valence-corrected chi connectivity index (χ2v) is 4.10. The largest absolute Gasteiger partial charge is 0.328 e. The van der Waals surface area contributed by atoms with Crippen LogP contribution >= 0.6 is 15.9 Å².